The van der Waals surface area contributed by atoms with Gasteiger partial charge in [-0.25, -0.2) is 9.97 Å². The number of nitrogens with zero attached hydrogens (tertiary/aromatic N) is 4. The van der Waals surface area contributed by atoms with Crippen LogP contribution in [0.5, 0.6) is 0 Å². The maximum absolute atomic E-state index is 11.9. The summed E-state index contributed by atoms with van der Waals surface area (Å²) in [7, 11) is 0. The van der Waals surface area contributed by atoms with E-state index in [2.05, 4.69) is 26.8 Å². The molecule has 2 amide bonds. The zero-order valence-corrected chi connectivity index (χ0v) is 17.5. The van der Waals surface area contributed by atoms with Crippen LogP contribution in [-0.2, 0) is 16.0 Å². The van der Waals surface area contributed by atoms with Gasteiger partial charge in [-0.05, 0) is 35.4 Å². The van der Waals surface area contributed by atoms with E-state index in [4.69, 9.17) is 11.6 Å². The molecule has 0 saturated carbocycles. The van der Waals surface area contributed by atoms with Gasteiger partial charge in [0.2, 0.25) is 11.8 Å². The number of rotatable bonds is 3. The quantitative estimate of drug-likeness (QED) is 0.641. The van der Waals surface area contributed by atoms with Crippen molar-refractivity contribution in [3.63, 3.8) is 0 Å². The van der Waals surface area contributed by atoms with Gasteiger partial charge in [-0.1, -0.05) is 30.3 Å². The van der Waals surface area contributed by atoms with Crippen LogP contribution >= 0.6 is 11.6 Å². The summed E-state index contributed by atoms with van der Waals surface area (Å²) in [5.41, 5.74) is 4.33. The fourth-order valence-corrected chi connectivity index (χ4v) is 4.56. The second-order valence-electron chi connectivity index (χ2n) is 7.62. The van der Waals surface area contributed by atoms with Crippen molar-refractivity contribution in [2.24, 2.45) is 0 Å². The van der Waals surface area contributed by atoms with E-state index in [9.17, 15) is 9.59 Å². The van der Waals surface area contributed by atoms with Gasteiger partial charge in [-0.15, -0.1) is 0 Å². The average Bonchev–Trinajstić information content (AvgIpc) is 3.18. The van der Waals surface area contributed by atoms with Crippen LogP contribution in [0.1, 0.15) is 5.56 Å². The molecule has 0 aliphatic carbocycles. The molecule has 2 aromatic carbocycles. The predicted molar refractivity (Wildman–Crippen MR) is 121 cm³/mol. The number of carbonyl (C=O) groups excluding carboxylic acids is 2. The standard InChI is InChI=1S/C23H20ClN5O2/c1-2-22(31)28-6-8-29(9-7-28)23-17-10-18(24)15(11-20(17)25-13-26-23)14-4-3-5-19-16(14)12-21(30)27-19/h2-5,10-11,13H,1,6-9,12H2,(H,27,30). The van der Waals surface area contributed by atoms with E-state index >= 15 is 0 Å². The summed E-state index contributed by atoms with van der Waals surface area (Å²) in [4.78, 5) is 36.7. The molecule has 7 nitrogen and oxygen atoms in total. The Bertz CT molecular complexity index is 1230. The van der Waals surface area contributed by atoms with Crippen molar-refractivity contribution in [2.45, 2.75) is 6.42 Å². The molecule has 8 heteroatoms. The minimum atomic E-state index is -0.0525. The van der Waals surface area contributed by atoms with Crippen LogP contribution in [0.25, 0.3) is 22.0 Å². The number of piperazine rings is 1. The summed E-state index contributed by atoms with van der Waals surface area (Å²) >= 11 is 6.73. The number of hydrogen-bond acceptors (Lipinski definition) is 5. The Morgan fingerprint density at radius 1 is 1.13 bits per heavy atom. The summed E-state index contributed by atoms with van der Waals surface area (Å²) in [5, 5.41) is 4.33. The Balaban J connectivity index is 1.52. The van der Waals surface area contributed by atoms with E-state index < -0.39 is 0 Å². The minimum Gasteiger partial charge on any atom is -0.352 e. The molecule has 1 aromatic heterocycles. The Kier molecular flexibility index (Phi) is 4.82. The Morgan fingerprint density at radius 3 is 2.71 bits per heavy atom. The molecule has 0 atom stereocenters. The molecule has 0 unspecified atom stereocenters. The van der Waals surface area contributed by atoms with Gasteiger partial charge in [0.05, 0.1) is 11.9 Å². The summed E-state index contributed by atoms with van der Waals surface area (Å²) in [5.74, 6) is 0.737. The molecule has 2 aliphatic heterocycles. The maximum atomic E-state index is 11.9. The molecule has 0 radical (unpaired) electrons. The maximum Gasteiger partial charge on any atom is 0.246 e. The van der Waals surface area contributed by atoms with Crippen LogP contribution in [0.15, 0.2) is 49.3 Å². The number of anilines is 2. The highest BCUT2D eigenvalue weighted by Crippen LogP contribution is 2.39. The molecule has 1 fully saturated rings. The number of amides is 2. The van der Waals surface area contributed by atoms with Gasteiger partial charge in [-0.3, -0.25) is 9.59 Å². The Morgan fingerprint density at radius 2 is 1.94 bits per heavy atom. The van der Waals surface area contributed by atoms with Crippen LogP contribution in [0.3, 0.4) is 0 Å². The molecule has 3 aromatic rings. The number of nitrogens with one attached hydrogen (secondary N) is 1. The van der Waals surface area contributed by atoms with E-state index in [1.54, 1.807) is 11.2 Å². The predicted octanol–water partition coefficient (Wildman–Crippen LogP) is 3.28. The summed E-state index contributed by atoms with van der Waals surface area (Å²) < 4.78 is 0. The normalized spacial score (nSPS) is 15.7. The molecule has 1 N–H and O–H groups in total. The Labute approximate surface area is 184 Å². The molecule has 2 aliphatic rings. The Hall–Kier alpha value is -3.45. The molecule has 1 saturated heterocycles. The van der Waals surface area contributed by atoms with Crippen molar-refractivity contribution in [1.82, 2.24) is 14.9 Å². The highest BCUT2D eigenvalue weighted by Gasteiger charge is 2.24. The van der Waals surface area contributed by atoms with Gasteiger partial charge in [0.25, 0.3) is 0 Å². The highest BCUT2D eigenvalue weighted by molar-refractivity contribution is 6.34. The van der Waals surface area contributed by atoms with Crippen LogP contribution < -0.4 is 10.2 Å². The minimum absolute atomic E-state index is 0.0157. The molecule has 3 heterocycles. The van der Waals surface area contributed by atoms with E-state index in [0.717, 1.165) is 39.1 Å². The molecular formula is C23H20ClN5O2. The number of halogens is 1. The first-order chi connectivity index (χ1) is 15.0. The highest BCUT2D eigenvalue weighted by atomic mass is 35.5. The molecule has 31 heavy (non-hydrogen) atoms. The largest absolute Gasteiger partial charge is 0.352 e. The fraction of sp³-hybridized carbons (Fsp3) is 0.217. The molecule has 0 bridgehead atoms. The lowest BCUT2D eigenvalue weighted by Crippen LogP contribution is -2.48. The van der Waals surface area contributed by atoms with Crippen molar-refractivity contribution in [2.75, 3.05) is 36.4 Å². The fourth-order valence-electron chi connectivity index (χ4n) is 4.29. The second kappa shape index (κ2) is 7.67. The SMILES string of the molecule is C=CC(=O)N1CCN(c2ncnc3cc(-c4cccc5c4CC(=O)N5)c(Cl)cc23)CC1. The topological polar surface area (TPSA) is 78.4 Å². The molecule has 0 spiro atoms. The summed E-state index contributed by atoms with van der Waals surface area (Å²) in [6.07, 6.45) is 3.24. The van der Waals surface area contributed by atoms with Crippen LogP contribution in [0, 0.1) is 0 Å². The third-order valence-corrected chi connectivity index (χ3v) is 6.16. The first-order valence-electron chi connectivity index (χ1n) is 10.1. The van der Waals surface area contributed by atoms with Gasteiger partial charge in [-0.2, -0.15) is 0 Å². The van der Waals surface area contributed by atoms with Gasteiger partial charge in [0.15, 0.2) is 0 Å². The first-order valence-corrected chi connectivity index (χ1v) is 10.5. The van der Waals surface area contributed by atoms with Crippen LogP contribution in [-0.4, -0.2) is 52.9 Å². The molecular weight excluding hydrogens is 414 g/mol. The van der Waals surface area contributed by atoms with E-state index in [-0.39, 0.29) is 11.8 Å². The number of carbonyl (C=O) groups is 2. The summed E-state index contributed by atoms with van der Waals surface area (Å²) in [6.45, 7) is 6.12. The monoisotopic (exact) mass is 433 g/mol. The van der Waals surface area contributed by atoms with E-state index in [1.165, 1.54) is 6.08 Å². The third kappa shape index (κ3) is 3.41. The lowest BCUT2D eigenvalue weighted by Gasteiger charge is -2.35. The van der Waals surface area contributed by atoms with Gasteiger partial charge < -0.3 is 15.1 Å². The lowest BCUT2D eigenvalue weighted by molar-refractivity contribution is -0.126. The summed E-state index contributed by atoms with van der Waals surface area (Å²) in [6, 6.07) is 9.64. The van der Waals surface area contributed by atoms with Crippen LogP contribution in [0.2, 0.25) is 5.02 Å². The van der Waals surface area contributed by atoms with Crippen molar-refractivity contribution in [3.05, 3.63) is 59.9 Å². The van der Waals surface area contributed by atoms with Crippen molar-refractivity contribution in [1.29, 1.82) is 0 Å². The number of hydrogen-bond donors (Lipinski definition) is 1. The van der Waals surface area contributed by atoms with Gasteiger partial charge >= 0.3 is 0 Å². The second-order valence-corrected chi connectivity index (χ2v) is 8.03. The molecule has 156 valence electrons. The third-order valence-electron chi connectivity index (χ3n) is 5.85. The van der Waals surface area contributed by atoms with E-state index in [0.29, 0.717) is 37.6 Å². The zero-order valence-electron chi connectivity index (χ0n) is 16.8. The van der Waals surface area contributed by atoms with Gasteiger partial charge in [0, 0.05) is 47.8 Å². The van der Waals surface area contributed by atoms with Crippen LogP contribution in [0.4, 0.5) is 11.5 Å². The van der Waals surface area contributed by atoms with Crippen molar-refractivity contribution < 1.29 is 9.59 Å². The number of aromatic nitrogens is 2. The smallest absolute Gasteiger partial charge is 0.246 e. The zero-order chi connectivity index (χ0) is 21.5. The average molecular weight is 434 g/mol. The molecule has 5 rings (SSSR count). The first kappa shape index (κ1) is 19.5. The van der Waals surface area contributed by atoms with Gasteiger partial charge in [0.1, 0.15) is 12.1 Å². The number of fused-ring (bicyclic) bond motifs is 2. The lowest BCUT2D eigenvalue weighted by atomic mass is 9.96. The van der Waals surface area contributed by atoms with Crippen molar-refractivity contribution >= 4 is 45.8 Å². The number of benzene rings is 2. The van der Waals surface area contributed by atoms with Crippen molar-refractivity contribution in [3.8, 4) is 11.1 Å². The van der Waals surface area contributed by atoms with E-state index in [1.807, 2.05) is 30.3 Å².